The van der Waals surface area contributed by atoms with Gasteiger partial charge in [-0.1, -0.05) is 36.4 Å². The topological polar surface area (TPSA) is 107 Å². The summed E-state index contributed by atoms with van der Waals surface area (Å²) in [5, 5.41) is 3.30. The van der Waals surface area contributed by atoms with Gasteiger partial charge in [0.25, 0.3) is 0 Å². The molecule has 0 saturated heterocycles. The third-order valence-electron chi connectivity index (χ3n) is 3.66. The van der Waals surface area contributed by atoms with Gasteiger partial charge in [-0.2, -0.15) is 0 Å². The molecule has 0 spiro atoms. The number of nitrogens with one attached hydrogen (secondary N) is 1. The second kappa shape index (κ2) is 9.57. The molecule has 0 bridgehead atoms. The molecule has 0 unspecified atom stereocenters. The first-order valence-corrected chi connectivity index (χ1v) is 9.64. The largest absolute Gasteiger partial charge is 0.462 e. The number of amides is 1. The van der Waals surface area contributed by atoms with Crippen molar-refractivity contribution in [2.45, 2.75) is 37.6 Å². The molecular weight excluding hydrogens is 388 g/mol. The van der Waals surface area contributed by atoms with Crippen LogP contribution in [0.2, 0.25) is 5.02 Å². The maximum absolute atomic E-state index is 12.6. The molecular formula is C18H21ClN4O3S. The van der Waals surface area contributed by atoms with Crippen LogP contribution in [-0.2, 0) is 9.53 Å². The van der Waals surface area contributed by atoms with Crippen LogP contribution in [0.25, 0.3) is 0 Å². The van der Waals surface area contributed by atoms with E-state index in [1.807, 2.05) is 19.9 Å². The molecule has 3 N–H and O–H groups in total. The highest BCUT2D eigenvalue weighted by molar-refractivity contribution is 8.00. The van der Waals surface area contributed by atoms with E-state index in [2.05, 4.69) is 15.3 Å². The maximum atomic E-state index is 12.6. The molecule has 0 saturated carbocycles. The Bertz CT molecular complexity index is 847. The van der Waals surface area contributed by atoms with Crippen LogP contribution in [0.4, 0.5) is 11.5 Å². The first kappa shape index (κ1) is 21.0. The summed E-state index contributed by atoms with van der Waals surface area (Å²) in [6, 6.07) is 5.30. The number of carbonyl (C=O) groups is 2. The van der Waals surface area contributed by atoms with Gasteiger partial charge in [0, 0.05) is 16.9 Å². The predicted molar refractivity (Wildman–Crippen MR) is 107 cm³/mol. The molecule has 1 amide bonds. The predicted octanol–water partition coefficient (Wildman–Crippen LogP) is 3.71. The number of rotatable bonds is 7. The van der Waals surface area contributed by atoms with Crippen LogP contribution in [0.1, 0.15) is 36.2 Å². The smallest absolute Gasteiger partial charge is 0.343 e. The number of aryl methyl sites for hydroxylation is 1. The lowest BCUT2D eigenvalue weighted by atomic mass is 10.2. The number of nitrogens with two attached hydrogens (primary N) is 1. The molecule has 0 aliphatic rings. The summed E-state index contributed by atoms with van der Waals surface area (Å²) < 4.78 is 4.90. The minimum atomic E-state index is -0.576. The van der Waals surface area contributed by atoms with E-state index in [-0.39, 0.29) is 23.9 Å². The summed E-state index contributed by atoms with van der Waals surface area (Å²) >= 11 is 7.17. The molecule has 1 heterocycles. The van der Waals surface area contributed by atoms with Crippen LogP contribution in [0.3, 0.4) is 0 Å². The third kappa shape index (κ3) is 5.58. The standard InChI is InChI=1S/C18H21ClN4O3S/c1-4-14(16(24)22-13-8-11(19)7-6-10(13)3)27-18-21-9-12(15(20)23-18)17(25)26-5-2/h6-9,14H,4-5H2,1-3H3,(H,22,24)(H2,20,21,23)/t14-/m1/s1. The Morgan fingerprint density at radius 3 is 2.74 bits per heavy atom. The van der Waals surface area contributed by atoms with Gasteiger partial charge in [-0.05, 0) is 38.0 Å². The van der Waals surface area contributed by atoms with Crippen LogP contribution in [0, 0.1) is 6.92 Å². The van der Waals surface area contributed by atoms with Gasteiger partial charge in [-0.3, -0.25) is 4.79 Å². The quantitative estimate of drug-likeness (QED) is 0.408. The van der Waals surface area contributed by atoms with Crippen LogP contribution >= 0.6 is 23.4 Å². The third-order valence-corrected chi connectivity index (χ3v) is 5.13. The molecule has 2 aromatic rings. The molecule has 7 nitrogen and oxygen atoms in total. The molecule has 0 aliphatic heterocycles. The number of aromatic nitrogens is 2. The molecule has 0 fully saturated rings. The number of ether oxygens (including phenoxy) is 1. The normalized spacial score (nSPS) is 11.7. The van der Waals surface area contributed by atoms with Gasteiger partial charge in [0.05, 0.1) is 11.9 Å². The summed E-state index contributed by atoms with van der Waals surface area (Å²) in [5.74, 6) is -0.746. The number of thioether (sulfide) groups is 1. The van der Waals surface area contributed by atoms with Crippen molar-refractivity contribution < 1.29 is 14.3 Å². The maximum Gasteiger partial charge on any atom is 0.343 e. The summed E-state index contributed by atoms with van der Waals surface area (Å²) in [6.07, 6.45) is 1.87. The van der Waals surface area contributed by atoms with E-state index in [1.165, 1.54) is 18.0 Å². The lowest BCUT2D eigenvalue weighted by Gasteiger charge is -2.15. The number of benzene rings is 1. The number of anilines is 2. The molecule has 9 heteroatoms. The van der Waals surface area contributed by atoms with E-state index in [0.29, 0.717) is 22.3 Å². The van der Waals surface area contributed by atoms with Crippen molar-refractivity contribution in [3.05, 3.63) is 40.5 Å². The number of esters is 1. The van der Waals surface area contributed by atoms with Gasteiger partial charge >= 0.3 is 5.97 Å². The van der Waals surface area contributed by atoms with Crippen molar-refractivity contribution in [1.82, 2.24) is 9.97 Å². The van der Waals surface area contributed by atoms with E-state index >= 15 is 0 Å². The average molecular weight is 409 g/mol. The Morgan fingerprint density at radius 1 is 1.37 bits per heavy atom. The summed E-state index contributed by atoms with van der Waals surface area (Å²) in [7, 11) is 0. The lowest BCUT2D eigenvalue weighted by molar-refractivity contribution is -0.115. The first-order chi connectivity index (χ1) is 12.8. The number of halogens is 1. The van der Waals surface area contributed by atoms with Gasteiger partial charge in [0.15, 0.2) is 5.16 Å². The second-order valence-corrected chi connectivity index (χ2v) is 7.24. The fourth-order valence-corrected chi connectivity index (χ4v) is 3.22. The van der Waals surface area contributed by atoms with Crippen LogP contribution in [0.5, 0.6) is 0 Å². The fourth-order valence-electron chi connectivity index (χ4n) is 2.19. The summed E-state index contributed by atoms with van der Waals surface area (Å²) in [4.78, 5) is 32.6. The van der Waals surface area contributed by atoms with Crippen molar-refractivity contribution in [3.8, 4) is 0 Å². The first-order valence-electron chi connectivity index (χ1n) is 8.39. The SMILES string of the molecule is CCOC(=O)c1cnc(S[C@H](CC)C(=O)Nc2cc(Cl)ccc2C)nc1N. The zero-order chi connectivity index (χ0) is 20.0. The van der Waals surface area contributed by atoms with Gasteiger partial charge in [-0.25, -0.2) is 14.8 Å². The van der Waals surface area contributed by atoms with Gasteiger partial charge in [0.1, 0.15) is 11.4 Å². The van der Waals surface area contributed by atoms with Crippen LogP contribution < -0.4 is 11.1 Å². The van der Waals surface area contributed by atoms with Crippen molar-refractivity contribution in [2.75, 3.05) is 17.7 Å². The summed E-state index contributed by atoms with van der Waals surface area (Å²) in [5.41, 5.74) is 7.50. The lowest BCUT2D eigenvalue weighted by Crippen LogP contribution is -2.25. The van der Waals surface area contributed by atoms with Gasteiger partial charge in [0.2, 0.25) is 5.91 Å². The van der Waals surface area contributed by atoms with Crippen molar-refractivity contribution in [3.63, 3.8) is 0 Å². The van der Waals surface area contributed by atoms with Gasteiger partial charge < -0.3 is 15.8 Å². The number of nitrogen functional groups attached to an aromatic ring is 1. The van der Waals surface area contributed by atoms with E-state index in [0.717, 1.165) is 5.56 Å². The highest BCUT2D eigenvalue weighted by Gasteiger charge is 2.22. The zero-order valence-electron chi connectivity index (χ0n) is 15.3. The zero-order valence-corrected chi connectivity index (χ0v) is 16.9. The molecule has 0 radical (unpaired) electrons. The number of hydrogen-bond acceptors (Lipinski definition) is 7. The Balaban J connectivity index is 2.11. The highest BCUT2D eigenvalue weighted by atomic mass is 35.5. The van der Waals surface area contributed by atoms with Crippen molar-refractivity contribution in [2.24, 2.45) is 0 Å². The summed E-state index contributed by atoms with van der Waals surface area (Å²) in [6.45, 7) is 5.71. The Morgan fingerprint density at radius 2 is 2.11 bits per heavy atom. The Hall–Kier alpha value is -2.32. The fraction of sp³-hybridized carbons (Fsp3) is 0.333. The molecule has 144 valence electrons. The van der Waals surface area contributed by atoms with Crippen molar-refractivity contribution in [1.29, 1.82) is 0 Å². The van der Waals surface area contributed by atoms with E-state index in [4.69, 9.17) is 22.1 Å². The molecule has 27 heavy (non-hydrogen) atoms. The second-order valence-electron chi connectivity index (χ2n) is 5.64. The van der Waals surface area contributed by atoms with E-state index < -0.39 is 11.2 Å². The molecule has 1 aromatic heterocycles. The Labute approximate surface area is 167 Å². The van der Waals surface area contributed by atoms with E-state index in [9.17, 15) is 9.59 Å². The molecule has 0 aliphatic carbocycles. The number of hydrogen-bond donors (Lipinski definition) is 2. The average Bonchev–Trinajstić information content (AvgIpc) is 2.62. The highest BCUT2D eigenvalue weighted by Crippen LogP contribution is 2.26. The number of carbonyl (C=O) groups excluding carboxylic acids is 2. The molecule has 2 rings (SSSR count). The number of nitrogens with zero attached hydrogens (tertiary/aromatic N) is 2. The molecule has 1 aromatic carbocycles. The minimum absolute atomic E-state index is 0.0203. The van der Waals surface area contributed by atoms with Gasteiger partial charge in [-0.15, -0.1) is 0 Å². The van der Waals surface area contributed by atoms with Crippen LogP contribution in [0.15, 0.2) is 29.6 Å². The molecule has 1 atom stereocenters. The minimum Gasteiger partial charge on any atom is -0.462 e. The van der Waals surface area contributed by atoms with E-state index in [1.54, 1.807) is 19.1 Å². The van der Waals surface area contributed by atoms with Crippen molar-refractivity contribution >= 4 is 46.7 Å². The Kier molecular flexibility index (Phi) is 7.44. The van der Waals surface area contributed by atoms with Crippen LogP contribution in [-0.4, -0.2) is 33.7 Å². The monoisotopic (exact) mass is 408 g/mol.